The van der Waals surface area contributed by atoms with Gasteiger partial charge in [-0.25, -0.2) is 0 Å². The minimum Gasteiger partial charge on any atom is -0.457 e. The zero-order valence-electron chi connectivity index (χ0n) is 10.8. The van der Waals surface area contributed by atoms with Gasteiger partial charge in [0.05, 0.1) is 4.92 Å². The zero-order valence-corrected chi connectivity index (χ0v) is 11.6. The van der Waals surface area contributed by atoms with E-state index in [-0.39, 0.29) is 12.2 Å². The molecular formula is C14H13ClN2O3. The molecule has 0 saturated carbocycles. The third kappa shape index (κ3) is 2.89. The molecular weight excluding hydrogens is 280 g/mol. The van der Waals surface area contributed by atoms with E-state index in [0.717, 1.165) is 0 Å². The second-order valence-electron chi connectivity index (χ2n) is 4.23. The lowest BCUT2D eigenvalue weighted by Crippen LogP contribution is -2.00. The topological polar surface area (TPSA) is 78.4 Å². The molecule has 0 unspecified atom stereocenters. The van der Waals surface area contributed by atoms with Crippen molar-refractivity contribution in [1.82, 2.24) is 0 Å². The highest BCUT2D eigenvalue weighted by Gasteiger charge is 2.12. The number of nitro groups is 1. The summed E-state index contributed by atoms with van der Waals surface area (Å²) >= 11 is 6.04. The Morgan fingerprint density at radius 3 is 2.70 bits per heavy atom. The van der Waals surface area contributed by atoms with Gasteiger partial charge in [-0.1, -0.05) is 17.7 Å². The Labute approximate surface area is 121 Å². The Balaban J connectivity index is 2.34. The maximum Gasteiger partial charge on any atom is 0.272 e. The number of nitrogens with two attached hydrogens (primary N) is 1. The van der Waals surface area contributed by atoms with Crippen molar-refractivity contribution >= 4 is 17.3 Å². The van der Waals surface area contributed by atoms with Crippen molar-refractivity contribution in [1.29, 1.82) is 0 Å². The molecule has 0 saturated heterocycles. The predicted molar refractivity (Wildman–Crippen MR) is 77.3 cm³/mol. The fraction of sp³-hybridized carbons (Fsp3) is 0.143. The van der Waals surface area contributed by atoms with Crippen LogP contribution < -0.4 is 10.5 Å². The molecule has 0 aliphatic carbocycles. The standard InChI is InChI=1S/C14H13ClN2O3/c1-9-7-10(5-6-13(9)17(18)19)20-14-4-2-3-12(15)11(14)8-16/h2-7H,8,16H2,1H3. The van der Waals surface area contributed by atoms with Crippen molar-refractivity contribution in [2.24, 2.45) is 5.73 Å². The Morgan fingerprint density at radius 1 is 1.35 bits per heavy atom. The van der Waals surface area contributed by atoms with E-state index in [9.17, 15) is 10.1 Å². The molecule has 0 aliphatic heterocycles. The number of hydrogen-bond donors (Lipinski definition) is 1. The molecule has 0 heterocycles. The molecule has 2 N–H and O–H groups in total. The minimum atomic E-state index is -0.427. The minimum absolute atomic E-state index is 0.0579. The van der Waals surface area contributed by atoms with Gasteiger partial charge in [-0.3, -0.25) is 10.1 Å². The normalized spacial score (nSPS) is 10.3. The molecule has 0 bridgehead atoms. The molecule has 0 amide bonds. The molecule has 0 fully saturated rings. The summed E-state index contributed by atoms with van der Waals surface area (Å²) in [6, 6.07) is 9.82. The monoisotopic (exact) mass is 292 g/mol. The second-order valence-corrected chi connectivity index (χ2v) is 4.64. The van der Waals surface area contributed by atoms with E-state index < -0.39 is 4.92 Å². The first-order valence-corrected chi connectivity index (χ1v) is 6.31. The summed E-state index contributed by atoms with van der Waals surface area (Å²) in [4.78, 5) is 10.3. The van der Waals surface area contributed by atoms with Crippen LogP contribution in [-0.4, -0.2) is 4.92 Å². The summed E-state index contributed by atoms with van der Waals surface area (Å²) in [5, 5.41) is 11.3. The van der Waals surface area contributed by atoms with Crippen molar-refractivity contribution in [2.45, 2.75) is 13.5 Å². The van der Waals surface area contributed by atoms with Crippen molar-refractivity contribution in [3.05, 3.63) is 62.7 Å². The lowest BCUT2D eigenvalue weighted by atomic mass is 10.2. The van der Waals surface area contributed by atoms with Crippen molar-refractivity contribution in [2.75, 3.05) is 0 Å². The Hall–Kier alpha value is -2.11. The molecule has 0 atom stereocenters. The summed E-state index contributed by atoms with van der Waals surface area (Å²) in [6.45, 7) is 1.91. The van der Waals surface area contributed by atoms with E-state index in [0.29, 0.717) is 27.6 Å². The van der Waals surface area contributed by atoms with Crippen LogP contribution in [0.2, 0.25) is 5.02 Å². The van der Waals surface area contributed by atoms with Crippen LogP contribution in [0, 0.1) is 17.0 Å². The highest BCUT2D eigenvalue weighted by molar-refractivity contribution is 6.31. The van der Waals surface area contributed by atoms with Crippen LogP contribution in [0.5, 0.6) is 11.5 Å². The molecule has 5 nitrogen and oxygen atoms in total. The highest BCUT2D eigenvalue weighted by Crippen LogP contribution is 2.32. The van der Waals surface area contributed by atoms with Gasteiger partial charge in [0.25, 0.3) is 5.69 Å². The molecule has 104 valence electrons. The van der Waals surface area contributed by atoms with Crippen LogP contribution >= 0.6 is 11.6 Å². The summed E-state index contributed by atoms with van der Waals surface area (Å²) < 4.78 is 5.71. The average Bonchev–Trinajstić information content (AvgIpc) is 2.38. The molecule has 6 heteroatoms. The molecule has 0 aliphatic rings. The Morgan fingerprint density at radius 2 is 2.10 bits per heavy atom. The fourth-order valence-corrected chi connectivity index (χ4v) is 2.10. The fourth-order valence-electron chi connectivity index (χ4n) is 1.86. The van der Waals surface area contributed by atoms with Gasteiger partial charge in [-0.15, -0.1) is 0 Å². The van der Waals surface area contributed by atoms with Gasteiger partial charge < -0.3 is 10.5 Å². The van der Waals surface area contributed by atoms with E-state index in [4.69, 9.17) is 22.1 Å². The number of ether oxygens (including phenoxy) is 1. The second kappa shape index (κ2) is 5.90. The van der Waals surface area contributed by atoms with Gasteiger partial charge in [0.1, 0.15) is 11.5 Å². The van der Waals surface area contributed by atoms with Crippen LogP contribution in [0.4, 0.5) is 5.69 Å². The summed E-state index contributed by atoms with van der Waals surface area (Å²) in [6.07, 6.45) is 0. The summed E-state index contributed by atoms with van der Waals surface area (Å²) in [5.41, 5.74) is 6.93. The van der Waals surface area contributed by atoms with Crippen LogP contribution in [-0.2, 0) is 6.54 Å². The molecule has 0 radical (unpaired) electrons. The third-order valence-electron chi connectivity index (χ3n) is 2.87. The van der Waals surface area contributed by atoms with Gasteiger partial charge in [-0.2, -0.15) is 0 Å². The average molecular weight is 293 g/mol. The molecule has 2 aromatic rings. The van der Waals surface area contributed by atoms with Crippen molar-refractivity contribution in [3.8, 4) is 11.5 Å². The highest BCUT2D eigenvalue weighted by atomic mass is 35.5. The lowest BCUT2D eigenvalue weighted by Gasteiger charge is -2.11. The van der Waals surface area contributed by atoms with Gasteiger partial charge in [-0.05, 0) is 31.2 Å². The van der Waals surface area contributed by atoms with Crippen LogP contribution in [0.25, 0.3) is 0 Å². The number of halogens is 1. The number of hydrogen-bond acceptors (Lipinski definition) is 4. The molecule has 0 aromatic heterocycles. The Kier molecular flexibility index (Phi) is 4.22. The number of nitro benzene ring substituents is 1. The summed E-state index contributed by atoms with van der Waals surface area (Å²) in [5.74, 6) is 1.05. The molecule has 20 heavy (non-hydrogen) atoms. The first kappa shape index (κ1) is 14.3. The molecule has 0 spiro atoms. The van der Waals surface area contributed by atoms with E-state index in [1.165, 1.54) is 6.07 Å². The predicted octanol–water partition coefficient (Wildman–Crippen LogP) is 3.81. The molecule has 2 rings (SSSR count). The largest absolute Gasteiger partial charge is 0.457 e. The van der Waals surface area contributed by atoms with Crippen molar-refractivity contribution in [3.63, 3.8) is 0 Å². The van der Waals surface area contributed by atoms with E-state index in [2.05, 4.69) is 0 Å². The van der Waals surface area contributed by atoms with Crippen molar-refractivity contribution < 1.29 is 9.66 Å². The van der Waals surface area contributed by atoms with Gasteiger partial charge in [0.2, 0.25) is 0 Å². The lowest BCUT2D eigenvalue weighted by molar-refractivity contribution is -0.385. The van der Waals surface area contributed by atoms with Crippen LogP contribution in [0.1, 0.15) is 11.1 Å². The Bertz CT molecular complexity index is 659. The smallest absolute Gasteiger partial charge is 0.272 e. The van der Waals surface area contributed by atoms with E-state index in [1.807, 2.05) is 0 Å². The maximum atomic E-state index is 10.8. The first-order valence-electron chi connectivity index (χ1n) is 5.93. The SMILES string of the molecule is Cc1cc(Oc2cccc(Cl)c2CN)ccc1[N+](=O)[O-]. The summed E-state index contributed by atoms with van der Waals surface area (Å²) in [7, 11) is 0. The van der Waals surface area contributed by atoms with Crippen LogP contribution in [0.15, 0.2) is 36.4 Å². The maximum absolute atomic E-state index is 10.8. The van der Waals surface area contributed by atoms with Crippen LogP contribution in [0.3, 0.4) is 0 Å². The zero-order chi connectivity index (χ0) is 14.7. The van der Waals surface area contributed by atoms with E-state index in [1.54, 1.807) is 37.3 Å². The number of rotatable bonds is 4. The van der Waals surface area contributed by atoms with E-state index >= 15 is 0 Å². The van der Waals surface area contributed by atoms with Gasteiger partial charge in [0, 0.05) is 28.8 Å². The quantitative estimate of drug-likeness (QED) is 0.686. The number of aryl methyl sites for hydroxylation is 1. The van der Waals surface area contributed by atoms with Gasteiger partial charge >= 0.3 is 0 Å². The number of benzene rings is 2. The van der Waals surface area contributed by atoms with Gasteiger partial charge in [0.15, 0.2) is 0 Å². The first-order chi connectivity index (χ1) is 9.52. The third-order valence-corrected chi connectivity index (χ3v) is 3.23. The number of nitrogens with zero attached hydrogens (tertiary/aromatic N) is 1. The molecule has 2 aromatic carbocycles.